The lowest BCUT2D eigenvalue weighted by atomic mass is 9.72. The third kappa shape index (κ3) is 5.86. The first-order valence-electron chi connectivity index (χ1n) is 8.68. The molecule has 1 heterocycles. The number of methoxy groups -OCH3 is 2. The van der Waals surface area contributed by atoms with Gasteiger partial charge in [0.1, 0.15) is 6.61 Å². The lowest BCUT2D eigenvalue weighted by Crippen LogP contribution is -2.50. The highest BCUT2D eigenvalue weighted by atomic mass is 19.4. The van der Waals surface area contributed by atoms with Crippen molar-refractivity contribution < 1.29 is 32.1 Å². The molecule has 1 saturated heterocycles. The second-order valence-corrected chi connectivity index (χ2v) is 6.30. The first-order chi connectivity index (χ1) is 11.3. The molecule has 0 spiro atoms. The maximum Gasteiger partial charge on any atom is 0.411 e. The standard InChI is InChI=1S/C15H25F3O4.C2H6/c1-14(20-3)7-4-5-10(19-2)12(14)13-11(22-13)6-8-21-9-15(16,17)18;1-2/h10-13H,4-9H2,1-3H3;1-2H3/t10-,11-,12?,13?,14-;/m1./s1. The highest BCUT2D eigenvalue weighted by Gasteiger charge is 2.56. The van der Waals surface area contributed by atoms with Crippen LogP contribution in [-0.2, 0) is 18.9 Å². The predicted molar refractivity (Wildman–Crippen MR) is 85.1 cm³/mol. The summed E-state index contributed by atoms with van der Waals surface area (Å²) in [7, 11) is 3.37. The predicted octanol–water partition coefficient (Wildman–Crippen LogP) is 3.97. The summed E-state index contributed by atoms with van der Waals surface area (Å²) in [5.74, 6) is 0.101. The van der Waals surface area contributed by atoms with Crippen molar-refractivity contribution in [2.24, 2.45) is 5.92 Å². The van der Waals surface area contributed by atoms with Gasteiger partial charge in [0, 0.05) is 26.7 Å². The molecule has 2 aliphatic rings. The third-order valence-corrected chi connectivity index (χ3v) is 4.82. The van der Waals surface area contributed by atoms with Gasteiger partial charge in [-0.2, -0.15) is 13.2 Å². The van der Waals surface area contributed by atoms with Crippen LogP contribution >= 0.6 is 0 Å². The SMILES string of the molecule is CC.CO[C@@H]1CCC[C@@](C)(OC)C1C1O[C@@H]1CCOCC(F)(F)F. The van der Waals surface area contributed by atoms with Gasteiger partial charge in [-0.05, 0) is 32.6 Å². The summed E-state index contributed by atoms with van der Waals surface area (Å²) < 4.78 is 57.7. The van der Waals surface area contributed by atoms with Crippen LogP contribution in [0.5, 0.6) is 0 Å². The van der Waals surface area contributed by atoms with Crippen molar-refractivity contribution in [1.29, 1.82) is 0 Å². The summed E-state index contributed by atoms with van der Waals surface area (Å²) in [6, 6.07) is 0. The molecule has 24 heavy (non-hydrogen) atoms. The Labute approximate surface area is 143 Å². The van der Waals surface area contributed by atoms with E-state index in [0.717, 1.165) is 19.3 Å². The zero-order valence-corrected chi connectivity index (χ0v) is 15.3. The fraction of sp³-hybridized carbons (Fsp3) is 1.00. The number of epoxide rings is 1. The minimum atomic E-state index is -4.27. The Hall–Kier alpha value is -0.370. The number of ether oxygens (including phenoxy) is 4. The summed E-state index contributed by atoms with van der Waals surface area (Å²) in [4.78, 5) is 0. The van der Waals surface area contributed by atoms with Gasteiger partial charge < -0.3 is 18.9 Å². The van der Waals surface area contributed by atoms with Gasteiger partial charge >= 0.3 is 6.18 Å². The summed E-state index contributed by atoms with van der Waals surface area (Å²) in [5, 5.41) is 0. The van der Waals surface area contributed by atoms with E-state index in [1.807, 2.05) is 13.8 Å². The number of halogens is 3. The zero-order chi connectivity index (χ0) is 18.4. The molecule has 0 aromatic heterocycles. The molecule has 144 valence electrons. The van der Waals surface area contributed by atoms with Crippen LogP contribution in [0.3, 0.4) is 0 Å². The Morgan fingerprint density at radius 3 is 2.42 bits per heavy atom. The highest BCUT2D eigenvalue weighted by Crippen LogP contribution is 2.47. The average molecular weight is 356 g/mol. The maximum atomic E-state index is 12.0. The largest absolute Gasteiger partial charge is 0.411 e. The molecule has 0 aromatic carbocycles. The molecular weight excluding hydrogens is 325 g/mol. The molecule has 0 radical (unpaired) electrons. The van der Waals surface area contributed by atoms with Crippen LogP contribution in [0.15, 0.2) is 0 Å². The number of hydrogen-bond donors (Lipinski definition) is 0. The van der Waals surface area contributed by atoms with Crippen molar-refractivity contribution in [3.63, 3.8) is 0 Å². The van der Waals surface area contributed by atoms with Crippen LogP contribution < -0.4 is 0 Å². The molecule has 7 heteroatoms. The van der Waals surface area contributed by atoms with E-state index in [0.29, 0.717) is 6.42 Å². The van der Waals surface area contributed by atoms with Crippen LogP contribution in [0.2, 0.25) is 0 Å². The van der Waals surface area contributed by atoms with E-state index >= 15 is 0 Å². The van der Waals surface area contributed by atoms with E-state index in [1.165, 1.54) is 0 Å². The summed E-state index contributed by atoms with van der Waals surface area (Å²) in [5.41, 5.74) is -0.314. The lowest BCUT2D eigenvalue weighted by Gasteiger charge is -2.44. The Morgan fingerprint density at radius 2 is 1.88 bits per heavy atom. The van der Waals surface area contributed by atoms with Crippen molar-refractivity contribution in [2.45, 2.75) is 76.5 Å². The maximum absolute atomic E-state index is 12.0. The van der Waals surface area contributed by atoms with E-state index < -0.39 is 12.8 Å². The molecule has 0 bridgehead atoms. The van der Waals surface area contributed by atoms with E-state index in [1.54, 1.807) is 14.2 Å². The van der Waals surface area contributed by atoms with E-state index in [4.69, 9.17) is 14.2 Å². The number of hydrogen-bond acceptors (Lipinski definition) is 4. The lowest BCUT2D eigenvalue weighted by molar-refractivity contribution is -0.174. The van der Waals surface area contributed by atoms with Crippen molar-refractivity contribution >= 4 is 0 Å². The van der Waals surface area contributed by atoms with Crippen molar-refractivity contribution in [3.8, 4) is 0 Å². The normalized spacial score (nSPS) is 36.0. The third-order valence-electron chi connectivity index (χ3n) is 4.82. The number of alkyl halides is 3. The van der Waals surface area contributed by atoms with Crippen molar-refractivity contribution in [2.75, 3.05) is 27.4 Å². The smallest absolute Gasteiger partial charge is 0.381 e. The second-order valence-electron chi connectivity index (χ2n) is 6.30. The molecule has 2 fully saturated rings. The molecule has 1 aliphatic heterocycles. The van der Waals surface area contributed by atoms with Crippen LogP contribution in [0.25, 0.3) is 0 Å². The van der Waals surface area contributed by atoms with Gasteiger partial charge in [-0.15, -0.1) is 0 Å². The molecule has 0 aromatic rings. The fourth-order valence-corrected chi connectivity index (χ4v) is 3.55. The van der Waals surface area contributed by atoms with Crippen LogP contribution in [0.1, 0.15) is 46.5 Å². The fourth-order valence-electron chi connectivity index (χ4n) is 3.55. The second kappa shape index (κ2) is 9.36. The number of rotatable bonds is 7. The molecule has 5 atom stereocenters. The van der Waals surface area contributed by atoms with Crippen LogP contribution in [0.4, 0.5) is 13.2 Å². The Balaban J connectivity index is 0.00000139. The molecule has 2 rings (SSSR count). The minimum absolute atomic E-state index is 0.0234. The molecular formula is C17H31F3O4. The molecule has 4 nitrogen and oxygen atoms in total. The Kier molecular flexibility index (Phi) is 8.45. The monoisotopic (exact) mass is 356 g/mol. The van der Waals surface area contributed by atoms with Crippen LogP contribution in [0, 0.1) is 5.92 Å². The highest BCUT2D eigenvalue weighted by molar-refractivity contribution is 5.04. The van der Waals surface area contributed by atoms with E-state index in [9.17, 15) is 13.2 Å². The molecule has 2 unspecified atom stereocenters. The van der Waals surface area contributed by atoms with Gasteiger partial charge in [-0.1, -0.05) is 13.8 Å². The van der Waals surface area contributed by atoms with Gasteiger partial charge in [0.15, 0.2) is 0 Å². The summed E-state index contributed by atoms with van der Waals surface area (Å²) in [6.45, 7) is 4.90. The first-order valence-corrected chi connectivity index (χ1v) is 8.68. The van der Waals surface area contributed by atoms with Crippen LogP contribution in [-0.4, -0.2) is 57.5 Å². The summed E-state index contributed by atoms with van der Waals surface area (Å²) >= 11 is 0. The quantitative estimate of drug-likeness (QED) is 0.511. The zero-order valence-electron chi connectivity index (χ0n) is 15.3. The average Bonchev–Trinajstić information content (AvgIpc) is 3.31. The molecule has 1 aliphatic carbocycles. The molecule has 0 N–H and O–H groups in total. The van der Waals surface area contributed by atoms with Gasteiger partial charge in [0.05, 0.1) is 23.9 Å². The van der Waals surface area contributed by atoms with Crippen molar-refractivity contribution in [1.82, 2.24) is 0 Å². The van der Waals surface area contributed by atoms with Crippen molar-refractivity contribution in [3.05, 3.63) is 0 Å². The minimum Gasteiger partial charge on any atom is -0.381 e. The first kappa shape index (κ1) is 21.7. The van der Waals surface area contributed by atoms with E-state index in [2.05, 4.69) is 11.7 Å². The molecule has 0 amide bonds. The Morgan fingerprint density at radius 1 is 1.21 bits per heavy atom. The molecule has 1 saturated carbocycles. The van der Waals surface area contributed by atoms with Gasteiger partial charge in [0.25, 0.3) is 0 Å². The van der Waals surface area contributed by atoms with Gasteiger partial charge in [-0.25, -0.2) is 0 Å². The topological polar surface area (TPSA) is 40.2 Å². The summed E-state index contributed by atoms with van der Waals surface area (Å²) in [6.07, 6.45) is -0.914. The van der Waals surface area contributed by atoms with Gasteiger partial charge in [-0.3, -0.25) is 0 Å². The van der Waals surface area contributed by atoms with Gasteiger partial charge in [0.2, 0.25) is 0 Å². The Bertz CT molecular complexity index is 364. The van der Waals surface area contributed by atoms with E-state index in [-0.39, 0.29) is 36.4 Å².